The fourth-order valence-electron chi connectivity index (χ4n) is 2.50. The summed E-state index contributed by atoms with van der Waals surface area (Å²) in [5, 5.41) is 20.8. The normalized spacial score (nSPS) is 22.7. The predicted molar refractivity (Wildman–Crippen MR) is 77.0 cm³/mol. The van der Waals surface area contributed by atoms with Gasteiger partial charge in [-0.25, -0.2) is 4.79 Å². The summed E-state index contributed by atoms with van der Waals surface area (Å²) in [7, 11) is 0. The van der Waals surface area contributed by atoms with E-state index in [1.54, 1.807) is 4.90 Å². The van der Waals surface area contributed by atoms with Gasteiger partial charge in [-0.15, -0.1) is 0 Å². The molecule has 0 aliphatic carbocycles. The van der Waals surface area contributed by atoms with Crippen molar-refractivity contribution in [3.05, 3.63) is 0 Å². The Hall–Kier alpha value is -1.34. The third kappa shape index (κ3) is 5.89. The molecular weight excluding hydrogens is 276 g/mol. The van der Waals surface area contributed by atoms with Crippen LogP contribution >= 0.6 is 0 Å². The van der Waals surface area contributed by atoms with Crippen molar-refractivity contribution in [3.63, 3.8) is 0 Å². The lowest BCUT2D eigenvalue weighted by Crippen LogP contribution is -2.58. The van der Waals surface area contributed by atoms with Crippen LogP contribution in [0.3, 0.4) is 0 Å². The van der Waals surface area contributed by atoms with Gasteiger partial charge in [0.25, 0.3) is 0 Å². The number of urea groups is 1. The van der Waals surface area contributed by atoms with Crippen molar-refractivity contribution in [2.24, 2.45) is 5.92 Å². The van der Waals surface area contributed by atoms with E-state index in [0.717, 1.165) is 0 Å². The maximum atomic E-state index is 12.2. The summed E-state index contributed by atoms with van der Waals surface area (Å²) in [4.78, 5) is 24.5. The number of hydrogen-bond donors (Lipinski definition) is 3. The Kier molecular flexibility index (Phi) is 6.42. The van der Waals surface area contributed by atoms with E-state index >= 15 is 0 Å². The maximum absolute atomic E-state index is 12.2. The first kappa shape index (κ1) is 17.7. The van der Waals surface area contributed by atoms with Crippen molar-refractivity contribution < 1.29 is 24.5 Å². The number of aliphatic hydroxyl groups excluding tert-OH is 1. The Bertz CT molecular complexity index is 372. The average molecular weight is 302 g/mol. The number of rotatable bonds is 6. The van der Waals surface area contributed by atoms with Crippen LogP contribution in [0.5, 0.6) is 0 Å². The van der Waals surface area contributed by atoms with Gasteiger partial charge in [0.1, 0.15) is 0 Å². The number of hydrogen-bond acceptors (Lipinski definition) is 4. The highest BCUT2D eigenvalue weighted by Gasteiger charge is 2.35. The summed E-state index contributed by atoms with van der Waals surface area (Å²) in [6, 6.07) is -0.242. The molecule has 1 fully saturated rings. The standard InChI is InChI=1S/C14H26N2O5/c1-4-10(5-12(18)19)6-15-13(20)16-7-11(8-17)21-14(2,3)9-16/h10-11,17H,4-9H2,1-3H3,(H,15,20)(H,18,19). The highest BCUT2D eigenvalue weighted by atomic mass is 16.5. The topological polar surface area (TPSA) is 99.1 Å². The van der Waals surface area contributed by atoms with Crippen molar-refractivity contribution in [1.29, 1.82) is 0 Å². The maximum Gasteiger partial charge on any atom is 0.317 e. The molecule has 1 aliphatic rings. The number of aliphatic carboxylic acids is 1. The van der Waals surface area contributed by atoms with Crippen LogP contribution in [-0.4, -0.2) is 65.1 Å². The number of aliphatic hydroxyl groups is 1. The van der Waals surface area contributed by atoms with Crippen LogP contribution in [0.4, 0.5) is 4.79 Å². The predicted octanol–water partition coefficient (Wildman–Crippen LogP) is 0.669. The molecule has 7 heteroatoms. The fraction of sp³-hybridized carbons (Fsp3) is 0.857. The number of nitrogens with zero attached hydrogens (tertiary/aromatic N) is 1. The number of carboxylic acid groups (broad SMARTS) is 1. The van der Waals surface area contributed by atoms with Crippen molar-refractivity contribution in [2.75, 3.05) is 26.2 Å². The number of nitrogens with one attached hydrogen (secondary N) is 1. The average Bonchev–Trinajstić information content (AvgIpc) is 2.40. The van der Waals surface area contributed by atoms with Gasteiger partial charge in [0.05, 0.1) is 31.4 Å². The number of ether oxygens (including phenoxy) is 1. The minimum Gasteiger partial charge on any atom is -0.481 e. The van der Waals surface area contributed by atoms with E-state index in [4.69, 9.17) is 9.84 Å². The highest BCUT2D eigenvalue weighted by Crippen LogP contribution is 2.20. The molecule has 0 aromatic carbocycles. The third-order valence-corrected chi connectivity index (χ3v) is 3.55. The second-order valence-corrected chi connectivity index (χ2v) is 6.12. The van der Waals surface area contributed by atoms with Crippen molar-refractivity contribution in [1.82, 2.24) is 10.2 Å². The summed E-state index contributed by atoms with van der Waals surface area (Å²) in [5.74, 6) is -0.932. The van der Waals surface area contributed by atoms with Crippen molar-refractivity contribution in [2.45, 2.75) is 45.3 Å². The first-order valence-electron chi connectivity index (χ1n) is 7.30. The lowest BCUT2D eigenvalue weighted by molar-refractivity contribution is -0.138. The molecule has 0 saturated carbocycles. The summed E-state index contributed by atoms with van der Waals surface area (Å²) in [5.41, 5.74) is -0.506. The van der Waals surface area contributed by atoms with E-state index in [9.17, 15) is 14.7 Å². The Morgan fingerprint density at radius 1 is 1.48 bits per heavy atom. The number of carbonyl (C=O) groups excluding carboxylic acids is 1. The SMILES string of the molecule is CCC(CNC(=O)N1CC(CO)OC(C)(C)C1)CC(=O)O. The van der Waals surface area contributed by atoms with E-state index in [2.05, 4.69) is 5.32 Å². The van der Waals surface area contributed by atoms with Gasteiger partial charge in [0.15, 0.2) is 0 Å². The summed E-state index contributed by atoms with van der Waals surface area (Å²) in [6.45, 7) is 6.61. The van der Waals surface area contributed by atoms with E-state index < -0.39 is 11.6 Å². The first-order valence-corrected chi connectivity index (χ1v) is 7.30. The second kappa shape index (κ2) is 7.61. The molecule has 2 amide bonds. The zero-order valence-corrected chi connectivity index (χ0v) is 13.0. The molecule has 1 rings (SSSR count). The van der Waals surface area contributed by atoms with Gasteiger partial charge in [-0.05, 0) is 19.8 Å². The Balaban J connectivity index is 2.52. The number of morpholine rings is 1. The Morgan fingerprint density at radius 3 is 2.67 bits per heavy atom. The van der Waals surface area contributed by atoms with Crippen molar-refractivity contribution in [3.8, 4) is 0 Å². The Morgan fingerprint density at radius 2 is 2.14 bits per heavy atom. The van der Waals surface area contributed by atoms with Crippen LogP contribution < -0.4 is 5.32 Å². The molecule has 2 atom stereocenters. The van der Waals surface area contributed by atoms with Crippen LogP contribution in [0.25, 0.3) is 0 Å². The van der Waals surface area contributed by atoms with E-state index in [0.29, 0.717) is 26.1 Å². The molecule has 1 heterocycles. The number of carboxylic acids is 1. The van der Waals surface area contributed by atoms with Gasteiger partial charge in [-0.1, -0.05) is 13.3 Å². The lowest BCUT2D eigenvalue weighted by atomic mass is 10.0. The van der Waals surface area contributed by atoms with E-state index in [1.807, 2.05) is 20.8 Å². The number of amides is 2. The monoisotopic (exact) mass is 302 g/mol. The van der Waals surface area contributed by atoms with Gasteiger partial charge in [0.2, 0.25) is 0 Å². The molecule has 0 aromatic heterocycles. The van der Waals surface area contributed by atoms with Crippen LogP contribution in [0.2, 0.25) is 0 Å². The molecule has 1 aliphatic heterocycles. The fourth-order valence-corrected chi connectivity index (χ4v) is 2.50. The molecule has 3 N–H and O–H groups in total. The van der Waals surface area contributed by atoms with Crippen LogP contribution in [-0.2, 0) is 9.53 Å². The smallest absolute Gasteiger partial charge is 0.317 e. The Labute approximate surface area is 125 Å². The van der Waals surface area contributed by atoms with Crippen molar-refractivity contribution >= 4 is 12.0 Å². The summed E-state index contributed by atoms with van der Waals surface area (Å²) >= 11 is 0. The molecule has 1 saturated heterocycles. The largest absolute Gasteiger partial charge is 0.481 e. The minimum atomic E-state index is -0.857. The van der Waals surface area contributed by atoms with Crippen LogP contribution in [0.1, 0.15) is 33.6 Å². The zero-order chi connectivity index (χ0) is 16.0. The molecule has 2 unspecified atom stereocenters. The highest BCUT2D eigenvalue weighted by molar-refractivity contribution is 5.74. The lowest BCUT2D eigenvalue weighted by Gasteiger charge is -2.42. The van der Waals surface area contributed by atoms with Gasteiger partial charge in [-0.3, -0.25) is 4.79 Å². The van der Waals surface area contributed by atoms with Gasteiger partial charge in [-0.2, -0.15) is 0 Å². The van der Waals surface area contributed by atoms with Crippen LogP contribution in [0.15, 0.2) is 0 Å². The quantitative estimate of drug-likeness (QED) is 0.669. The third-order valence-electron chi connectivity index (χ3n) is 3.55. The molecule has 0 bridgehead atoms. The number of carbonyl (C=O) groups is 2. The molecule has 0 spiro atoms. The van der Waals surface area contributed by atoms with E-state index in [1.165, 1.54) is 0 Å². The van der Waals surface area contributed by atoms with Gasteiger partial charge < -0.3 is 25.2 Å². The molecule has 21 heavy (non-hydrogen) atoms. The van der Waals surface area contributed by atoms with E-state index in [-0.39, 0.29) is 31.1 Å². The van der Waals surface area contributed by atoms with Gasteiger partial charge in [0, 0.05) is 13.0 Å². The molecule has 7 nitrogen and oxygen atoms in total. The summed E-state index contributed by atoms with van der Waals surface area (Å²) < 4.78 is 5.65. The minimum absolute atomic E-state index is 0.0463. The van der Waals surface area contributed by atoms with Gasteiger partial charge >= 0.3 is 12.0 Å². The first-order chi connectivity index (χ1) is 9.77. The second-order valence-electron chi connectivity index (χ2n) is 6.12. The molecule has 0 aromatic rings. The zero-order valence-electron chi connectivity index (χ0n) is 13.0. The summed E-state index contributed by atoms with van der Waals surface area (Å²) in [6.07, 6.45) is 0.353. The molecule has 0 radical (unpaired) electrons. The molecular formula is C14H26N2O5. The molecule has 122 valence electrons. The van der Waals surface area contributed by atoms with Crippen LogP contribution in [0, 0.1) is 5.92 Å².